The Morgan fingerprint density at radius 1 is 0.522 bits per heavy atom. The predicted molar refractivity (Wildman–Crippen MR) is 193 cm³/mol. The Balaban J connectivity index is 0.00000135. The molecule has 0 amide bonds. The average molecular weight is 683 g/mol. The van der Waals surface area contributed by atoms with Gasteiger partial charge in [-0.05, 0) is 35.8 Å². The van der Waals surface area contributed by atoms with E-state index in [0.29, 0.717) is 12.8 Å². The first-order chi connectivity index (χ1) is 21.7. The van der Waals surface area contributed by atoms with Crippen molar-refractivity contribution in [3.63, 3.8) is 0 Å². The number of hydrogen-bond acceptors (Lipinski definition) is 7. The van der Waals surface area contributed by atoms with Crippen molar-refractivity contribution < 1.29 is 34.1 Å². The molecule has 0 saturated carbocycles. The molecule has 7 nitrogen and oxygen atoms in total. The van der Waals surface area contributed by atoms with Gasteiger partial charge in [0.2, 0.25) is 0 Å². The van der Waals surface area contributed by atoms with Crippen LogP contribution < -0.4 is 0 Å². The van der Waals surface area contributed by atoms with Crippen molar-refractivity contribution in [3.8, 4) is 0 Å². The summed E-state index contributed by atoms with van der Waals surface area (Å²) < 4.78 is 3.60. The lowest BCUT2D eigenvalue weighted by Crippen LogP contribution is -2.55. The van der Waals surface area contributed by atoms with Crippen LogP contribution in [0.25, 0.3) is 0 Å². The van der Waals surface area contributed by atoms with Gasteiger partial charge in [-0.3, -0.25) is 0 Å². The van der Waals surface area contributed by atoms with E-state index in [4.69, 9.17) is 19.6 Å². The summed E-state index contributed by atoms with van der Waals surface area (Å²) >= 11 is 0. The molecule has 2 aromatic rings. The van der Waals surface area contributed by atoms with Gasteiger partial charge in [-0.25, -0.2) is 4.31 Å². The van der Waals surface area contributed by atoms with E-state index in [2.05, 4.69) is 45.9 Å². The maximum absolute atomic E-state index is 12.6. The topological polar surface area (TPSA) is 131 Å². The highest BCUT2D eigenvalue weighted by Gasteiger charge is 2.57. The molecule has 9 heteroatoms. The fourth-order valence-corrected chi connectivity index (χ4v) is 6.92. The molecular weight excluding hydrogens is 618 g/mol. The minimum atomic E-state index is -2.61. The molecule has 0 spiro atoms. The number of rotatable bonds is 22. The Hall–Kier alpha value is -0.980. The molecule has 2 aromatic carbocycles. The summed E-state index contributed by atoms with van der Waals surface area (Å²) in [6, 6.07) is 20.3. The smallest absolute Gasteiger partial charge is 0.334 e. The molecule has 0 aliphatic carbocycles. The molecule has 0 aliphatic heterocycles. The molecule has 0 aliphatic rings. The van der Waals surface area contributed by atoms with Crippen LogP contribution in [0, 0.1) is 17.3 Å². The Morgan fingerprint density at radius 3 is 1.11 bits per heavy atom. The van der Waals surface area contributed by atoms with E-state index in [1.807, 2.05) is 60.7 Å². The van der Waals surface area contributed by atoms with Gasteiger partial charge in [0, 0.05) is 5.41 Å². The summed E-state index contributed by atoms with van der Waals surface area (Å²) in [5.74, 6) is 1.54. The van der Waals surface area contributed by atoms with Gasteiger partial charge in [0.05, 0.1) is 11.2 Å². The lowest BCUT2D eigenvalue weighted by atomic mass is 9.56. The largest absolute Gasteiger partial charge is 0.384 e. The zero-order valence-corrected chi connectivity index (χ0v) is 31.1. The van der Waals surface area contributed by atoms with Gasteiger partial charge in [0.1, 0.15) is 0 Å². The molecule has 46 heavy (non-hydrogen) atoms. The standard InChI is InChI=1S/C37H60O2.H4O5P2/c1-31(2)23-15-9-7-11-21-29-36(38,33-25-17-13-18-26-33)35(5,6)37(39,34-27-19-14-20-28-34)30-22-12-8-10-16-24-32(3)4;1-6(2)5-7(3)4/h13-14,17-20,25-28,31-32,38-39H,7-12,15-16,21-24,29-30H2,1-6H3;1-4H. The fraction of sp³-hybridized carbons (Fsp3) is 0.676. The van der Waals surface area contributed by atoms with Crippen molar-refractivity contribution in [3.05, 3.63) is 71.8 Å². The minimum Gasteiger partial charge on any atom is -0.384 e. The van der Waals surface area contributed by atoms with Gasteiger partial charge in [-0.1, -0.05) is 179 Å². The van der Waals surface area contributed by atoms with Crippen LogP contribution in [0.4, 0.5) is 0 Å². The Morgan fingerprint density at radius 2 is 0.826 bits per heavy atom. The van der Waals surface area contributed by atoms with Crippen molar-refractivity contribution in [2.24, 2.45) is 17.3 Å². The lowest BCUT2D eigenvalue weighted by Gasteiger charge is -2.53. The van der Waals surface area contributed by atoms with Crippen LogP contribution in [0.1, 0.15) is 143 Å². The quantitative estimate of drug-likeness (QED) is 0.0538. The first-order valence-corrected chi connectivity index (χ1v) is 19.6. The highest BCUT2D eigenvalue weighted by molar-refractivity contribution is 7.53. The van der Waals surface area contributed by atoms with Crippen LogP contribution in [-0.2, 0) is 15.5 Å². The van der Waals surface area contributed by atoms with E-state index in [1.165, 1.54) is 51.4 Å². The first-order valence-electron chi connectivity index (χ1n) is 17.3. The predicted octanol–water partition coefficient (Wildman–Crippen LogP) is 9.99. The monoisotopic (exact) mass is 682 g/mol. The summed E-state index contributed by atoms with van der Waals surface area (Å²) in [6.07, 6.45) is 15.5. The van der Waals surface area contributed by atoms with E-state index in [1.54, 1.807) is 0 Å². The van der Waals surface area contributed by atoms with E-state index in [9.17, 15) is 10.2 Å². The van der Waals surface area contributed by atoms with Gasteiger partial charge in [-0.15, -0.1) is 0 Å². The molecule has 0 saturated heterocycles. The second-order valence-corrected chi connectivity index (χ2v) is 15.7. The molecule has 0 fully saturated rings. The Bertz CT molecular complexity index is 941. The van der Waals surface area contributed by atoms with Crippen molar-refractivity contribution in [1.29, 1.82) is 0 Å². The second kappa shape index (κ2) is 22.6. The molecule has 2 atom stereocenters. The molecule has 0 heterocycles. The average Bonchev–Trinajstić information content (AvgIpc) is 2.99. The molecule has 0 bridgehead atoms. The molecule has 6 N–H and O–H groups in total. The molecule has 2 rings (SSSR count). The molecule has 0 radical (unpaired) electrons. The molecular formula is C37H64O7P2. The van der Waals surface area contributed by atoms with Gasteiger partial charge in [0.15, 0.2) is 0 Å². The Labute approximate surface area is 282 Å². The van der Waals surface area contributed by atoms with Crippen LogP contribution in [-0.4, -0.2) is 29.8 Å². The van der Waals surface area contributed by atoms with E-state index >= 15 is 0 Å². The summed E-state index contributed by atoms with van der Waals surface area (Å²) in [4.78, 5) is 31.3. The zero-order valence-electron chi connectivity index (χ0n) is 29.3. The molecule has 0 aromatic heterocycles. The molecule has 2 unspecified atom stereocenters. The summed E-state index contributed by atoms with van der Waals surface area (Å²) in [5.41, 5.74) is -1.25. The third kappa shape index (κ3) is 15.1. The van der Waals surface area contributed by atoms with Crippen molar-refractivity contribution >= 4 is 17.2 Å². The van der Waals surface area contributed by atoms with Crippen LogP contribution in [0.2, 0.25) is 0 Å². The fourth-order valence-electron chi connectivity index (χ4n) is 6.40. The lowest BCUT2D eigenvalue weighted by molar-refractivity contribution is -0.199. The number of aliphatic hydroxyl groups is 2. The van der Waals surface area contributed by atoms with Gasteiger partial charge < -0.3 is 29.8 Å². The number of benzene rings is 2. The molecule has 264 valence electrons. The maximum atomic E-state index is 12.6. The summed E-state index contributed by atoms with van der Waals surface area (Å²) in [7, 11) is -5.22. The maximum Gasteiger partial charge on any atom is 0.334 e. The normalized spacial score (nSPS) is 14.8. The SMILES string of the molecule is CC(C)CCCCCCCC(O)(c1ccccc1)C(C)(C)C(O)(CCCCCCCC(C)C)c1ccccc1.OP(O)OP(O)O. The van der Waals surface area contributed by atoms with Crippen LogP contribution >= 0.6 is 17.2 Å². The van der Waals surface area contributed by atoms with Gasteiger partial charge in [-0.2, -0.15) is 0 Å². The third-order valence-corrected chi connectivity index (χ3v) is 10.5. The zero-order chi connectivity index (χ0) is 34.6. The first kappa shape index (κ1) is 43.0. The number of unbranched alkanes of at least 4 members (excludes halogenated alkanes) is 8. The minimum absolute atomic E-state index is 0.651. The van der Waals surface area contributed by atoms with Crippen LogP contribution in [0.5, 0.6) is 0 Å². The van der Waals surface area contributed by atoms with Crippen molar-refractivity contribution in [2.45, 2.75) is 143 Å². The second-order valence-electron chi connectivity index (χ2n) is 14.1. The highest BCUT2D eigenvalue weighted by Crippen LogP contribution is 2.55. The van der Waals surface area contributed by atoms with E-state index < -0.39 is 33.8 Å². The van der Waals surface area contributed by atoms with Crippen molar-refractivity contribution in [2.75, 3.05) is 0 Å². The summed E-state index contributed by atoms with van der Waals surface area (Å²) in [6.45, 7) is 13.4. The van der Waals surface area contributed by atoms with Gasteiger partial charge in [0.25, 0.3) is 0 Å². The number of hydrogen-bond donors (Lipinski definition) is 6. The highest BCUT2D eigenvalue weighted by atomic mass is 31.2. The van der Waals surface area contributed by atoms with Crippen LogP contribution in [0.3, 0.4) is 0 Å². The van der Waals surface area contributed by atoms with Gasteiger partial charge >= 0.3 is 17.2 Å². The van der Waals surface area contributed by atoms with E-state index in [0.717, 1.165) is 48.6 Å². The Kier molecular flexibility index (Phi) is 21.2. The van der Waals surface area contributed by atoms with Crippen LogP contribution in [0.15, 0.2) is 60.7 Å². The summed E-state index contributed by atoms with van der Waals surface area (Å²) in [5, 5.41) is 25.3. The van der Waals surface area contributed by atoms with Crippen molar-refractivity contribution in [1.82, 2.24) is 0 Å². The van der Waals surface area contributed by atoms with E-state index in [-0.39, 0.29) is 0 Å². The third-order valence-electron chi connectivity index (χ3n) is 9.36.